The van der Waals surface area contributed by atoms with E-state index in [-0.39, 0.29) is 6.10 Å². The second kappa shape index (κ2) is 6.18. The molecule has 0 spiro atoms. The molecule has 1 fully saturated rings. The van der Waals surface area contributed by atoms with Gasteiger partial charge in [0.1, 0.15) is 6.10 Å². The highest BCUT2D eigenvalue weighted by molar-refractivity contribution is 5.14. The van der Waals surface area contributed by atoms with Crippen molar-refractivity contribution in [3.63, 3.8) is 0 Å². The van der Waals surface area contributed by atoms with Crippen LogP contribution in [0.25, 0.3) is 0 Å². The highest BCUT2D eigenvalue weighted by atomic mass is 16.8. The standard InChI is InChI=1S/C17H22O2/c1-4-8-14(2)11-12-16-17(3,19-16)18-13-15-9-6-5-7-10-15/h4-10,16H,1,11-13H2,2-3H3/b14-8+/t16-,17+/m0/s1. The van der Waals surface area contributed by atoms with E-state index in [1.165, 1.54) is 11.1 Å². The Bertz CT molecular complexity index is 450. The van der Waals surface area contributed by atoms with Crippen molar-refractivity contribution >= 4 is 0 Å². The Hall–Kier alpha value is -1.38. The van der Waals surface area contributed by atoms with E-state index in [0.717, 1.165) is 12.8 Å². The normalized spacial score (nSPS) is 26.2. The Morgan fingerprint density at radius 3 is 2.84 bits per heavy atom. The van der Waals surface area contributed by atoms with E-state index in [1.54, 1.807) is 0 Å². The third-order valence-electron chi connectivity index (χ3n) is 3.48. The van der Waals surface area contributed by atoms with Crippen LogP contribution in [0.4, 0.5) is 0 Å². The molecular weight excluding hydrogens is 236 g/mol. The van der Waals surface area contributed by atoms with Crippen molar-refractivity contribution in [3.8, 4) is 0 Å². The Balaban J connectivity index is 1.74. The highest BCUT2D eigenvalue weighted by Gasteiger charge is 2.53. The minimum Gasteiger partial charge on any atom is -0.343 e. The van der Waals surface area contributed by atoms with Crippen molar-refractivity contribution < 1.29 is 9.47 Å². The summed E-state index contributed by atoms with van der Waals surface area (Å²) < 4.78 is 11.5. The lowest BCUT2D eigenvalue weighted by molar-refractivity contribution is -0.0407. The van der Waals surface area contributed by atoms with Gasteiger partial charge in [-0.3, -0.25) is 0 Å². The first-order chi connectivity index (χ1) is 9.14. The van der Waals surface area contributed by atoms with Crippen molar-refractivity contribution in [2.45, 2.75) is 45.2 Å². The van der Waals surface area contributed by atoms with E-state index in [2.05, 4.69) is 25.6 Å². The fourth-order valence-corrected chi connectivity index (χ4v) is 2.14. The second-order valence-corrected chi connectivity index (χ2v) is 5.18. The quantitative estimate of drug-likeness (QED) is 0.539. The molecule has 1 heterocycles. The molecule has 0 radical (unpaired) electrons. The van der Waals surface area contributed by atoms with E-state index in [4.69, 9.17) is 9.47 Å². The van der Waals surface area contributed by atoms with Crippen LogP contribution in [0.5, 0.6) is 0 Å². The van der Waals surface area contributed by atoms with E-state index >= 15 is 0 Å². The van der Waals surface area contributed by atoms with E-state index in [1.807, 2.05) is 37.3 Å². The molecule has 0 bridgehead atoms. The van der Waals surface area contributed by atoms with Crippen molar-refractivity contribution in [1.29, 1.82) is 0 Å². The predicted molar refractivity (Wildman–Crippen MR) is 77.7 cm³/mol. The zero-order valence-corrected chi connectivity index (χ0v) is 11.8. The average Bonchev–Trinajstić information content (AvgIpc) is 3.07. The lowest BCUT2D eigenvalue weighted by atomic mass is 10.1. The smallest absolute Gasteiger partial charge is 0.192 e. The Labute approximate surface area is 115 Å². The van der Waals surface area contributed by atoms with Gasteiger partial charge in [-0.1, -0.05) is 54.6 Å². The Morgan fingerprint density at radius 1 is 1.42 bits per heavy atom. The summed E-state index contributed by atoms with van der Waals surface area (Å²) in [7, 11) is 0. The van der Waals surface area contributed by atoms with Crippen LogP contribution in [0.1, 0.15) is 32.3 Å². The minimum atomic E-state index is -0.399. The predicted octanol–water partition coefficient (Wildman–Crippen LogP) is 4.23. The van der Waals surface area contributed by atoms with Gasteiger partial charge in [0, 0.05) is 0 Å². The number of hydrogen-bond donors (Lipinski definition) is 0. The third-order valence-corrected chi connectivity index (χ3v) is 3.48. The number of allylic oxidation sites excluding steroid dienone is 3. The Kier molecular flexibility index (Phi) is 4.56. The third kappa shape index (κ3) is 4.05. The van der Waals surface area contributed by atoms with Gasteiger partial charge in [0.05, 0.1) is 6.61 Å². The van der Waals surface area contributed by atoms with Crippen LogP contribution < -0.4 is 0 Å². The van der Waals surface area contributed by atoms with E-state index in [9.17, 15) is 0 Å². The molecule has 0 N–H and O–H groups in total. The van der Waals surface area contributed by atoms with Gasteiger partial charge in [0.15, 0.2) is 5.79 Å². The lowest BCUT2D eigenvalue weighted by Gasteiger charge is -2.09. The molecule has 0 saturated carbocycles. The van der Waals surface area contributed by atoms with Crippen molar-refractivity contribution in [1.82, 2.24) is 0 Å². The maximum atomic E-state index is 5.87. The number of hydrogen-bond acceptors (Lipinski definition) is 2. The van der Waals surface area contributed by atoms with Gasteiger partial charge in [-0.05, 0) is 32.3 Å². The Morgan fingerprint density at radius 2 is 2.16 bits per heavy atom. The SMILES string of the molecule is C=C/C=C(\C)CC[C@@H]1O[C@@]1(C)OCc1ccccc1. The summed E-state index contributed by atoms with van der Waals surface area (Å²) in [5.41, 5.74) is 2.51. The monoisotopic (exact) mass is 258 g/mol. The molecule has 0 amide bonds. The van der Waals surface area contributed by atoms with Gasteiger partial charge in [0.25, 0.3) is 0 Å². The molecule has 2 rings (SSSR count). The fourth-order valence-electron chi connectivity index (χ4n) is 2.14. The molecular formula is C17H22O2. The first-order valence-corrected chi connectivity index (χ1v) is 6.78. The summed E-state index contributed by atoms with van der Waals surface area (Å²) in [5.74, 6) is -0.399. The van der Waals surface area contributed by atoms with Crippen LogP contribution in [0, 0.1) is 0 Å². The van der Waals surface area contributed by atoms with Crippen LogP contribution in [0.2, 0.25) is 0 Å². The molecule has 1 saturated heterocycles. The molecule has 2 atom stereocenters. The van der Waals surface area contributed by atoms with E-state index < -0.39 is 5.79 Å². The average molecular weight is 258 g/mol. The number of epoxide rings is 1. The van der Waals surface area contributed by atoms with Crippen LogP contribution in [0.3, 0.4) is 0 Å². The van der Waals surface area contributed by atoms with Gasteiger partial charge < -0.3 is 9.47 Å². The molecule has 1 aromatic carbocycles. The molecule has 2 nitrogen and oxygen atoms in total. The molecule has 2 heteroatoms. The van der Waals surface area contributed by atoms with Gasteiger partial charge in [0.2, 0.25) is 0 Å². The zero-order valence-electron chi connectivity index (χ0n) is 11.8. The number of rotatable bonds is 7. The maximum Gasteiger partial charge on any atom is 0.192 e. The van der Waals surface area contributed by atoms with Crippen LogP contribution >= 0.6 is 0 Å². The van der Waals surface area contributed by atoms with Crippen molar-refractivity contribution in [2.75, 3.05) is 0 Å². The topological polar surface area (TPSA) is 21.8 Å². The summed E-state index contributed by atoms with van der Waals surface area (Å²) in [5, 5.41) is 0. The number of benzene rings is 1. The largest absolute Gasteiger partial charge is 0.343 e. The molecule has 0 unspecified atom stereocenters. The van der Waals surface area contributed by atoms with Crippen molar-refractivity contribution in [3.05, 3.63) is 60.2 Å². The summed E-state index contributed by atoms with van der Waals surface area (Å²) in [6.07, 6.45) is 6.12. The van der Waals surface area contributed by atoms with Gasteiger partial charge in [-0.2, -0.15) is 0 Å². The zero-order chi connectivity index (χ0) is 13.7. The fraction of sp³-hybridized carbons (Fsp3) is 0.412. The van der Waals surface area contributed by atoms with Crippen molar-refractivity contribution in [2.24, 2.45) is 0 Å². The summed E-state index contributed by atoms with van der Waals surface area (Å²) in [6.45, 7) is 8.45. The van der Waals surface area contributed by atoms with Gasteiger partial charge in [-0.25, -0.2) is 0 Å². The molecule has 0 aliphatic carbocycles. The number of ether oxygens (including phenoxy) is 2. The van der Waals surface area contributed by atoms with Crippen LogP contribution in [0.15, 0.2) is 54.6 Å². The molecule has 1 aliphatic heterocycles. The second-order valence-electron chi connectivity index (χ2n) is 5.18. The molecule has 1 aliphatic rings. The minimum absolute atomic E-state index is 0.212. The van der Waals surface area contributed by atoms with Crippen LogP contribution in [-0.2, 0) is 16.1 Å². The maximum absolute atomic E-state index is 5.87. The lowest BCUT2D eigenvalue weighted by Crippen LogP contribution is -2.15. The molecule has 19 heavy (non-hydrogen) atoms. The van der Waals surface area contributed by atoms with Gasteiger partial charge >= 0.3 is 0 Å². The molecule has 0 aromatic heterocycles. The first kappa shape index (κ1) is 14.0. The van der Waals surface area contributed by atoms with Crippen LogP contribution in [-0.4, -0.2) is 11.9 Å². The van der Waals surface area contributed by atoms with E-state index in [0.29, 0.717) is 6.61 Å². The highest BCUT2D eigenvalue weighted by Crippen LogP contribution is 2.41. The summed E-state index contributed by atoms with van der Waals surface area (Å²) in [4.78, 5) is 0. The summed E-state index contributed by atoms with van der Waals surface area (Å²) in [6, 6.07) is 10.2. The van der Waals surface area contributed by atoms with Gasteiger partial charge in [-0.15, -0.1) is 0 Å². The first-order valence-electron chi connectivity index (χ1n) is 6.78. The summed E-state index contributed by atoms with van der Waals surface area (Å²) >= 11 is 0. The molecule has 102 valence electrons. The molecule has 1 aromatic rings.